The summed E-state index contributed by atoms with van der Waals surface area (Å²) < 4.78 is 5.41. The first-order valence-corrected chi connectivity index (χ1v) is 6.22. The Morgan fingerprint density at radius 1 is 1.18 bits per heavy atom. The second kappa shape index (κ2) is 3.91. The first-order valence-electron chi connectivity index (χ1n) is 6.22. The van der Waals surface area contributed by atoms with E-state index in [4.69, 9.17) is 4.74 Å². The zero-order chi connectivity index (χ0) is 11.9. The van der Waals surface area contributed by atoms with Gasteiger partial charge >= 0.3 is 0 Å². The molecule has 1 saturated heterocycles. The van der Waals surface area contributed by atoms with E-state index in [1.54, 1.807) is 0 Å². The van der Waals surface area contributed by atoms with Crippen LogP contribution in [-0.4, -0.2) is 34.4 Å². The summed E-state index contributed by atoms with van der Waals surface area (Å²) in [7, 11) is 0. The highest BCUT2D eigenvalue weighted by atomic mass is 16.5. The predicted molar refractivity (Wildman–Crippen MR) is 63.8 cm³/mol. The molecular formula is C12H18N4O. The maximum atomic E-state index is 5.41. The Morgan fingerprint density at radius 2 is 1.94 bits per heavy atom. The molecule has 92 valence electrons. The van der Waals surface area contributed by atoms with Crippen LogP contribution in [0, 0.1) is 19.3 Å². The van der Waals surface area contributed by atoms with Crippen molar-refractivity contribution in [3.8, 4) is 0 Å². The van der Waals surface area contributed by atoms with Crippen LogP contribution in [0.3, 0.4) is 0 Å². The second-order valence-corrected chi connectivity index (χ2v) is 5.18. The van der Waals surface area contributed by atoms with Crippen LogP contribution in [-0.2, 0) is 4.74 Å². The van der Waals surface area contributed by atoms with E-state index in [-0.39, 0.29) is 0 Å². The SMILES string of the molecule is Cc1nnc(NC2CC23CCOCC3)nc1C. The Morgan fingerprint density at radius 3 is 2.65 bits per heavy atom. The van der Waals surface area contributed by atoms with Gasteiger partial charge in [0.15, 0.2) is 0 Å². The molecule has 2 aliphatic rings. The van der Waals surface area contributed by atoms with Crippen molar-refractivity contribution >= 4 is 5.95 Å². The number of ether oxygens (including phenoxy) is 1. The molecule has 1 aromatic rings. The highest BCUT2D eigenvalue weighted by Crippen LogP contribution is 2.54. The van der Waals surface area contributed by atoms with Gasteiger partial charge in [-0.3, -0.25) is 0 Å². The fourth-order valence-electron chi connectivity index (χ4n) is 2.56. The van der Waals surface area contributed by atoms with Crippen molar-refractivity contribution in [1.29, 1.82) is 0 Å². The average molecular weight is 234 g/mol. The molecule has 1 unspecified atom stereocenters. The molecule has 17 heavy (non-hydrogen) atoms. The third-order valence-corrected chi connectivity index (χ3v) is 4.07. The zero-order valence-corrected chi connectivity index (χ0v) is 10.4. The van der Waals surface area contributed by atoms with Crippen LogP contribution >= 0.6 is 0 Å². The molecule has 1 spiro atoms. The van der Waals surface area contributed by atoms with E-state index in [1.807, 2.05) is 13.8 Å². The van der Waals surface area contributed by atoms with Gasteiger partial charge in [0.05, 0.1) is 11.4 Å². The first kappa shape index (κ1) is 10.9. The smallest absolute Gasteiger partial charge is 0.243 e. The molecule has 0 amide bonds. The Hall–Kier alpha value is -1.23. The van der Waals surface area contributed by atoms with Crippen molar-refractivity contribution in [1.82, 2.24) is 15.2 Å². The van der Waals surface area contributed by atoms with Crippen LogP contribution in [0.2, 0.25) is 0 Å². The minimum absolute atomic E-state index is 0.445. The molecule has 1 aliphatic heterocycles. The lowest BCUT2D eigenvalue weighted by molar-refractivity contribution is 0.0567. The highest BCUT2D eigenvalue weighted by Gasteiger charge is 2.54. The van der Waals surface area contributed by atoms with E-state index < -0.39 is 0 Å². The van der Waals surface area contributed by atoms with E-state index in [0.29, 0.717) is 17.4 Å². The van der Waals surface area contributed by atoms with Gasteiger partial charge in [0.2, 0.25) is 5.95 Å². The third-order valence-electron chi connectivity index (χ3n) is 4.07. The quantitative estimate of drug-likeness (QED) is 0.839. The van der Waals surface area contributed by atoms with Crippen molar-refractivity contribution in [2.45, 2.75) is 39.2 Å². The molecule has 3 rings (SSSR count). The maximum absolute atomic E-state index is 5.41. The van der Waals surface area contributed by atoms with E-state index >= 15 is 0 Å². The van der Waals surface area contributed by atoms with Crippen molar-refractivity contribution in [3.05, 3.63) is 11.4 Å². The van der Waals surface area contributed by atoms with Crippen LogP contribution < -0.4 is 5.32 Å². The van der Waals surface area contributed by atoms with Crippen LogP contribution in [0.5, 0.6) is 0 Å². The number of aromatic nitrogens is 3. The van der Waals surface area contributed by atoms with E-state index in [2.05, 4.69) is 20.5 Å². The normalized spacial score (nSPS) is 25.9. The van der Waals surface area contributed by atoms with Crippen molar-refractivity contribution < 1.29 is 4.74 Å². The van der Waals surface area contributed by atoms with Gasteiger partial charge in [0.1, 0.15) is 0 Å². The molecular weight excluding hydrogens is 216 g/mol. The predicted octanol–water partition coefficient (Wildman–Crippen LogP) is 1.47. The Labute approximate surface area is 101 Å². The molecule has 5 nitrogen and oxygen atoms in total. The van der Waals surface area contributed by atoms with Crippen molar-refractivity contribution in [2.75, 3.05) is 18.5 Å². The van der Waals surface area contributed by atoms with E-state index in [0.717, 1.165) is 37.4 Å². The minimum atomic E-state index is 0.445. The fourth-order valence-corrected chi connectivity index (χ4v) is 2.56. The first-order chi connectivity index (χ1) is 8.20. The largest absolute Gasteiger partial charge is 0.381 e. The summed E-state index contributed by atoms with van der Waals surface area (Å²) in [6, 6.07) is 0.510. The van der Waals surface area contributed by atoms with Crippen LogP contribution in [0.1, 0.15) is 30.7 Å². The summed E-state index contributed by atoms with van der Waals surface area (Å²) in [4.78, 5) is 4.41. The van der Waals surface area contributed by atoms with Crippen molar-refractivity contribution in [3.63, 3.8) is 0 Å². The molecule has 2 heterocycles. The van der Waals surface area contributed by atoms with Gasteiger partial charge in [-0.25, -0.2) is 4.98 Å². The van der Waals surface area contributed by atoms with Crippen molar-refractivity contribution in [2.24, 2.45) is 5.41 Å². The number of nitrogens with zero attached hydrogens (tertiary/aromatic N) is 3. The van der Waals surface area contributed by atoms with Crippen LogP contribution in [0.25, 0.3) is 0 Å². The monoisotopic (exact) mass is 234 g/mol. The summed E-state index contributed by atoms with van der Waals surface area (Å²) in [6.45, 7) is 5.68. The van der Waals surface area contributed by atoms with Gasteiger partial charge in [0.25, 0.3) is 0 Å². The summed E-state index contributed by atoms with van der Waals surface area (Å²) in [6.07, 6.45) is 3.53. The summed E-state index contributed by atoms with van der Waals surface area (Å²) in [5.41, 5.74) is 2.29. The van der Waals surface area contributed by atoms with E-state index in [1.165, 1.54) is 6.42 Å². The van der Waals surface area contributed by atoms with Gasteiger partial charge in [-0.15, -0.1) is 5.10 Å². The van der Waals surface area contributed by atoms with Gasteiger partial charge in [0, 0.05) is 19.3 Å². The molecule has 0 radical (unpaired) electrons. The Balaban J connectivity index is 1.66. The molecule has 1 atom stereocenters. The second-order valence-electron chi connectivity index (χ2n) is 5.18. The van der Waals surface area contributed by atoms with Gasteiger partial charge in [-0.05, 0) is 38.5 Å². The standard InChI is InChI=1S/C12H18N4O/c1-8-9(2)15-16-11(13-8)14-10-7-12(10)3-5-17-6-4-12/h10H,3-7H2,1-2H3,(H,13,14,16). The molecule has 5 heteroatoms. The van der Waals surface area contributed by atoms with Gasteiger partial charge in [-0.2, -0.15) is 5.10 Å². The van der Waals surface area contributed by atoms with Gasteiger partial charge < -0.3 is 10.1 Å². The molecule has 0 bridgehead atoms. The molecule has 1 saturated carbocycles. The molecule has 1 aliphatic carbocycles. The number of hydrogen-bond acceptors (Lipinski definition) is 5. The molecule has 0 aromatic carbocycles. The summed E-state index contributed by atoms with van der Waals surface area (Å²) in [5, 5.41) is 11.6. The lowest BCUT2D eigenvalue weighted by Gasteiger charge is -2.22. The molecule has 1 aromatic heterocycles. The molecule has 1 N–H and O–H groups in total. The lowest BCUT2D eigenvalue weighted by atomic mass is 9.96. The molecule has 2 fully saturated rings. The maximum Gasteiger partial charge on any atom is 0.243 e. The van der Waals surface area contributed by atoms with Gasteiger partial charge in [-0.1, -0.05) is 0 Å². The third kappa shape index (κ3) is 1.99. The summed E-state index contributed by atoms with van der Waals surface area (Å²) >= 11 is 0. The van der Waals surface area contributed by atoms with Crippen LogP contribution in [0.4, 0.5) is 5.95 Å². The number of rotatable bonds is 2. The minimum Gasteiger partial charge on any atom is -0.381 e. The summed E-state index contributed by atoms with van der Waals surface area (Å²) in [5.74, 6) is 0.668. The highest BCUT2D eigenvalue weighted by molar-refractivity contribution is 5.32. The average Bonchev–Trinajstić information content (AvgIpc) is 2.97. The number of nitrogens with one attached hydrogen (secondary N) is 1. The van der Waals surface area contributed by atoms with E-state index in [9.17, 15) is 0 Å². The zero-order valence-electron chi connectivity index (χ0n) is 10.4. The number of anilines is 1. The number of aryl methyl sites for hydroxylation is 2. The lowest BCUT2D eigenvalue weighted by Crippen LogP contribution is -2.23. The topological polar surface area (TPSA) is 59.9 Å². The fraction of sp³-hybridized carbons (Fsp3) is 0.750. The Bertz CT molecular complexity index is 429. The van der Waals surface area contributed by atoms with Crippen LogP contribution in [0.15, 0.2) is 0 Å². The Kier molecular flexibility index (Phi) is 2.50. The number of hydrogen-bond donors (Lipinski definition) is 1.